The van der Waals surface area contributed by atoms with Crippen LogP contribution in [-0.4, -0.2) is 19.8 Å². The highest BCUT2D eigenvalue weighted by Gasteiger charge is 2.37. The molecule has 0 unspecified atom stereocenters. The van der Waals surface area contributed by atoms with Crippen LogP contribution in [-0.2, 0) is 6.18 Å². The van der Waals surface area contributed by atoms with Crippen LogP contribution < -0.4 is 0 Å². The maximum Gasteiger partial charge on any atom is 0.453 e. The van der Waals surface area contributed by atoms with E-state index in [1.165, 1.54) is 5.51 Å². The van der Waals surface area contributed by atoms with Crippen molar-refractivity contribution in [3.8, 4) is 0 Å². The lowest BCUT2D eigenvalue weighted by molar-refractivity contribution is -0.146. The molecule has 0 bridgehead atoms. The van der Waals surface area contributed by atoms with Crippen molar-refractivity contribution in [3.05, 3.63) is 11.3 Å². The molecule has 8 heteroatoms. The van der Waals surface area contributed by atoms with Gasteiger partial charge in [-0.25, -0.2) is 0 Å². The van der Waals surface area contributed by atoms with Crippen LogP contribution in [0.5, 0.6) is 0 Å². The van der Waals surface area contributed by atoms with Gasteiger partial charge in [0.05, 0.1) is 0 Å². The highest BCUT2D eigenvalue weighted by Crippen LogP contribution is 2.27. The van der Waals surface area contributed by atoms with Crippen molar-refractivity contribution in [2.75, 3.05) is 0 Å². The first kappa shape index (κ1) is 7.47. The average molecular weight is 194 g/mol. The second kappa shape index (κ2) is 2.16. The van der Waals surface area contributed by atoms with E-state index in [0.29, 0.717) is 4.52 Å². The highest BCUT2D eigenvalue weighted by molar-refractivity contribution is 7.14. The van der Waals surface area contributed by atoms with E-state index < -0.39 is 12.0 Å². The molecule has 0 aliphatic rings. The summed E-state index contributed by atoms with van der Waals surface area (Å²) in [5.41, 5.74) is 1.28. The number of nitrogens with zero attached hydrogens (tertiary/aromatic N) is 4. The third-order valence-corrected chi connectivity index (χ3v) is 1.85. The Kier molecular flexibility index (Phi) is 1.34. The molecule has 0 saturated heterocycles. The Morgan fingerprint density at radius 2 is 2.08 bits per heavy atom. The van der Waals surface area contributed by atoms with Crippen LogP contribution in [0.15, 0.2) is 5.51 Å². The largest absolute Gasteiger partial charge is 0.453 e. The van der Waals surface area contributed by atoms with Gasteiger partial charge in [0, 0.05) is 0 Å². The average Bonchev–Trinajstić information content (AvgIpc) is 2.37. The minimum atomic E-state index is -4.49. The fraction of sp³-hybridized carbons (Fsp3) is 0.250. The third kappa shape index (κ3) is 0.951. The fourth-order valence-electron chi connectivity index (χ4n) is 0.738. The summed E-state index contributed by atoms with van der Waals surface area (Å²) in [6.07, 6.45) is -4.49. The second-order valence-corrected chi connectivity index (χ2v) is 2.77. The van der Waals surface area contributed by atoms with E-state index >= 15 is 0 Å². The molecule has 64 valence electrons. The van der Waals surface area contributed by atoms with E-state index in [0.717, 1.165) is 11.3 Å². The number of alkyl halides is 3. The minimum absolute atomic E-state index is 0.141. The Bertz CT molecular complexity index is 402. The zero-order valence-electron chi connectivity index (χ0n) is 5.41. The van der Waals surface area contributed by atoms with Gasteiger partial charge in [0.1, 0.15) is 5.51 Å². The smallest absolute Gasteiger partial charge is 0.179 e. The van der Waals surface area contributed by atoms with Gasteiger partial charge in [-0.2, -0.15) is 22.8 Å². The van der Waals surface area contributed by atoms with Gasteiger partial charge in [-0.3, -0.25) is 0 Å². The van der Waals surface area contributed by atoms with Crippen LogP contribution >= 0.6 is 11.3 Å². The normalized spacial score (nSPS) is 12.6. The Labute approximate surface area is 67.6 Å². The minimum Gasteiger partial charge on any atom is -0.179 e. The molecule has 2 aromatic rings. The molecule has 0 aromatic carbocycles. The number of rotatable bonds is 0. The molecule has 0 radical (unpaired) electrons. The molecule has 0 saturated carbocycles. The van der Waals surface area contributed by atoms with E-state index in [1.807, 2.05) is 0 Å². The lowest BCUT2D eigenvalue weighted by atomic mass is 10.6. The van der Waals surface area contributed by atoms with Crippen molar-refractivity contribution in [1.82, 2.24) is 19.8 Å². The fourth-order valence-corrected chi connectivity index (χ4v) is 1.29. The molecule has 2 aromatic heterocycles. The number of fused-ring (bicyclic) bond motifs is 1. The Morgan fingerprint density at radius 3 is 2.75 bits per heavy atom. The summed E-state index contributed by atoms with van der Waals surface area (Å²) in [5.74, 6) is -1.08. The standard InChI is InChI=1S/C4HF3N4S/c5-4(6,7)2-9-10-3-11(2)8-1-12-3/h1H. The van der Waals surface area contributed by atoms with E-state index in [4.69, 9.17) is 0 Å². The van der Waals surface area contributed by atoms with Crippen LogP contribution in [0.2, 0.25) is 0 Å². The third-order valence-electron chi connectivity index (χ3n) is 1.19. The Balaban J connectivity index is 2.69. The van der Waals surface area contributed by atoms with Crippen molar-refractivity contribution in [1.29, 1.82) is 0 Å². The molecule has 2 heterocycles. The van der Waals surface area contributed by atoms with E-state index in [9.17, 15) is 13.2 Å². The van der Waals surface area contributed by atoms with Crippen molar-refractivity contribution < 1.29 is 13.2 Å². The monoisotopic (exact) mass is 194 g/mol. The highest BCUT2D eigenvalue weighted by atomic mass is 32.1. The molecule has 2 rings (SSSR count). The molecule has 0 N–H and O–H groups in total. The maximum atomic E-state index is 12.1. The summed E-state index contributed by atoms with van der Waals surface area (Å²) < 4.78 is 36.9. The molecule has 4 nitrogen and oxygen atoms in total. The first-order chi connectivity index (χ1) is 5.59. The van der Waals surface area contributed by atoms with E-state index in [-0.39, 0.29) is 4.96 Å². The number of hydrogen-bond donors (Lipinski definition) is 0. The van der Waals surface area contributed by atoms with Gasteiger partial charge in [-0.1, -0.05) is 11.3 Å². The Hall–Kier alpha value is -1.18. The lowest BCUT2D eigenvalue weighted by Gasteiger charge is -1.99. The molecule has 0 amide bonds. The molecule has 0 aliphatic heterocycles. The first-order valence-electron chi connectivity index (χ1n) is 2.81. The van der Waals surface area contributed by atoms with Crippen LogP contribution in [0.25, 0.3) is 4.96 Å². The summed E-state index contributed by atoms with van der Waals surface area (Å²) in [4.78, 5) is 0.141. The van der Waals surface area contributed by atoms with E-state index in [1.54, 1.807) is 0 Å². The topological polar surface area (TPSA) is 43.1 Å². The molecule has 0 spiro atoms. The summed E-state index contributed by atoms with van der Waals surface area (Å²) in [5, 5.41) is 9.69. The molecular weight excluding hydrogens is 193 g/mol. The summed E-state index contributed by atoms with van der Waals surface area (Å²) in [6, 6.07) is 0. The van der Waals surface area contributed by atoms with Gasteiger partial charge in [-0.15, -0.1) is 10.2 Å². The summed E-state index contributed by atoms with van der Waals surface area (Å²) in [6.45, 7) is 0. The SMILES string of the molecule is FC(F)(F)c1nnc2scnn12. The van der Waals surface area contributed by atoms with Gasteiger partial charge in [0.15, 0.2) is 0 Å². The predicted octanol–water partition coefficient (Wildman–Crippen LogP) is 1.20. The predicted molar refractivity (Wildman–Crippen MR) is 33.7 cm³/mol. The number of aromatic nitrogens is 4. The quantitative estimate of drug-likeness (QED) is 0.633. The van der Waals surface area contributed by atoms with Crippen LogP contribution in [0, 0.1) is 0 Å². The zero-order chi connectivity index (χ0) is 8.77. The van der Waals surface area contributed by atoms with Crippen molar-refractivity contribution in [2.45, 2.75) is 6.18 Å². The molecule has 0 atom stereocenters. The van der Waals surface area contributed by atoms with Gasteiger partial charge < -0.3 is 0 Å². The number of hydrogen-bond acceptors (Lipinski definition) is 4. The van der Waals surface area contributed by atoms with Gasteiger partial charge >= 0.3 is 6.18 Å². The van der Waals surface area contributed by atoms with Crippen molar-refractivity contribution in [3.63, 3.8) is 0 Å². The van der Waals surface area contributed by atoms with Gasteiger partial charge in [-0.05, 0) is 0 Å². The number of halogens is 3. The first-order valence-corrected chi connectivity index (χ1v) is 3.69. The zero-order valence-corrected chi connectivity index (χ0v) is 6.22. The molecular formula is C4HF3N4S. The van der Waals surface area contributed by atoms with Crippen LogP contribution in [0.3, 0.4) is 0 Å². The molecule has 12 heavy (non-hydrogen) atoms. The lowest BCUT2D eigenvalue weighted by Crippen LogP contribution is -2.11. The molecule has 0 aliphatic carbocycles. The van der Waals surface area contributed by atoms with Crippen LogP contribution in [0.4, 0.5) is 13.2 Å². The van der Waals surface area contributed by atoms with Gasteiger partial charge in [0.2, 0.25) is 4.96 Å². The van der Waals surface area contributed by atoms with Crippen LogP contribution in [0.1, 0.15) is 5.82 Å². The van der Waals surface area contributed by atoms with Gasteiger partial charge in [0.25, 0.3) is 5.82 Å². The molecule has 0 fully saturated rings. The van der Waals surface area contributed by atoms with E-state index in [2.05, 4.69) is 15.3 Å². The Morgan fingerprint density at radius 1 is 1.33 bits per heavy atom. The maximum absolute atomic E-state index is 12.1. The van der Waals surface area contributed by atoms with Crippen molar-refractivity contribution >= 4 is 16.3 Å². The summed E-state index contributed by atoms with van der Waals surface area (Å²) in [7, 11) is 0. The second-order valence-electron chi connectivity index (χ2n) is 1.95. The summed E-state index contributed by atoms with van der Waals surface area (Å²) >= 11 is 1.00. The van der Waals surface area contributed by atoms with Crippen molar-refractivity contribution in [2.24, 2.45) is 0 Å².